The van der Waals surface area contributed by atoms with Crippen molar-refractivity contribution in [3.05, 3.63) is 78.3 Å². The first-order valence-electron chi connectivity index (χ1n) is 10.7. The lowest BCUT2D eigenvalue weighted by molar-refractivity contribution is -0.116. The van der Waals surface area contributed by atoms with Crippen LogP contribution in [0.1, 0.15) is 11.3 Å². The predicted molar refractivity (Wildman–Crippen MR) is 126 cm³/mol. The van der Waals surface area contributed by atoms with Crippen molar-refractivity contribution < 1.29 is 22.4 Å². The summed E-state index contributed by atoms with van der Waals surface area (Å²) in [7, 11) is -3.91. The largest absolute Gasteiger partial charge is 0.468 e. The topological polar surface area (TPSA) is 92.1 Å². The normalized spacial score (nSPS) is 14.4. The van der Waals surface area contributed by atoms with Crippen molar-refractivity contribution in [2.24, 2.45) is 0 Å². The maximum absolute atomic E-state index is 13.3. The van der Waals surface area contributed by atoms with E-state index in [2.05, 4.69) is 10.2 Å². The molecule has 9 heteroatoms. The molecule has 0 unspecified atom stereocenters. The number of anilines is 2. The summed E-state index contributed by atoms with van der Waals surface area (Å²) < 4.78 is 38.4. The molecule has 1 aromatic heterocycles. The van der Waals surface area contributed by atoms with Gasteiger partial charge in [0, 0.05) is 24.5 Å². The van der Waals surface area contributed by atoms with Crippen molar-refractivity contribution in [2.75, 3.05) is 43.1 Å². The number of hydrogen-bond donors (Lipinski definition) is 1. The number of carbonyl (C=O) groups is 1. The third-order valence-electron chi connectivity index (χ3n) is 5.42. The number of carbonyl (C=O) groups excluding carboxylic acids is 1. The molecule has 1 amide bonds. The molecule has 0 spiro atoms. The van der Waals surface area contributed by atoms with Crippen molar-refractivity contribution in [3.63, 3.8) is 0 Å². The van der Waals surface area contributed by atoms with Gasteiger partial charge >= 0.3 is 0 Å². The number of furan rings is 1. The van der Waals surface area contributed by atoms with Gasteiger partial charge in [-0.2, -0.15) is 4.31 Å². The molecule has 2 heterocycles. The molecule has 33 heavy (non-hydrogen) atoms. The van der Waals surface area contributed by atoms with Crippen molar-refractivity contribution in [1.29, 1.82) is 0 Å². The van der Waals surface area contributed by atoms with E-state index < -0.39 is 15.9 Å². The highest BCUT2D eigenvalue weighted by atomic mass is 32.2. The van der Waals surface area contributed by atoms with Gasteiger partial charge in [0.15, 0.2) is 0 Å². The Bertz CT molecular complexity index is 1150. The fraction of sp³-hybridized carbons (Fsp3) is 0.292. The molecule has 1 fully saturated rings. The minimum Gasteiger partial charge on any atom is -0.468 e. The summed E-state index contributed by atoms with van der Waals surface area (Å²) in [5.74, 6) is 0.0183. The first-order valence-corrected chi connectivity index (χ1v) is 12.2. The Labute approximate surface area is 193 Å². The number of morpholine rings is 1. The van der Waals surface area contributed by atoms with Gasteiger partial charge in [-0.15, -0.1) is 0 Å². The molecule has 2 aromatic carbocycles. The quantitative estimate of drug-likeness (QED) is 0.545. The predicted octanol–water partition coefficient (Wildman–Crippen LogP) is 3.25. The summed E-state index contributed by atoms with van der Waals surface area (Å²) in [6, 6.07) is 17.4. The lowest BCUT2D eigenvalue weighted by Gasteiger charge is -2.29. The third kappa shape index (κ3) is 5.81. The van der Waals surface area contributed by atoms with Crippen LogP contribution in [-0.4, -0.2) is 51.5 Å². The molecule has 0 atom stereocenters. The minimum atomic E-state index is -3.91. The van der Waals surface area contributed by atoms with Crippen LogP contribution in [0.25, 0.3) is 0 Å². The Morgan fingerprint density at radius 3 is 2.36 bits per heavy atom. The van der Waals surface area contributed by atoms with Crippen molar-refractivity contribution >= 4 is 27.3 Å². The number of sulfonamides is 1. The molecular formula is C24H27N3O5S. The zero-order valence-electron chi connectivity index (χ0n) is 18.4. The molecular weight excluding hydrogens is 442 g/mol. The van der Waals surface area contributed by atoms with Gasteiger partial charge in [0.2, 0.25) is 15.9 Å². The van der Waals surface area contributed by atoms with Gasteiger partial charge < -0.3 is 19.4 Å². The lowest BCUT2D eigenvalue weighted by atomic mass is 10.2. The fourth-order valence-corrected chi connectivity index (χ4v) is 4.96. The molecule has 0 aliphatic carbocycles. The summed E-state index contributed by atoms with van der Waals surface area (Å²) in [6.07, 6.45) is 1.47. The SMILES string of the molecule is Cc1ccc(S(=O)(=O)N(CC(=O)Nc2ccc(N3CCOCC3)cc2)Cc2ccco2)cc1. The van der Waals surface area contributed by atoms with Gasteiger partial charge in [0.25, 0.3) is 0 Å². The highest BCUT2D eigenvalue weighted by molar-refractivity contribution is 7.89. The number of nitrogens with one attached hydrogen (secondary N) is 1. The number of aryl methyl sites for hydroxylation is 1. The van der Waals surface area contributed by atoms with E-state index in [-0.39, 0.29) is 18.0 Å². The molecule has 1 aliphatic heterocycles. The molecule has 1 saturated heterocycles. The van der Waals surface area contributed by atoms with Gasteiger partial charge in [-0.05, 0) is 55.5 Å². The summed E-state index contributed by atoms with van der Waals surface area (Å²) in [5, 5.41) is 2.80. The zero-order valence-corrected chi connectivity index (χ0v) is 19.3. The molecule has 0 bridgehead atoms. The molecule has 174 valence electrons. The standard InChI is InChI=1S/C24H27N3O5S/c1-19-4-10-23(11-5-19)33(29,30)27(17-22-3-2-14-32-22)18-24(28)25-20-6-8-21(9-7-20)26-12-15-31-16-13-26/h2-11,14H,12-13,15-18H2,1H3,(H,25,28). The van der Waals surface area contributed by atoms with E-state index in [1.54, 1.807) is 36.4 Å². The fourth-order valence-electron chi connectivity index (χ4n) is 3.60. The number of benzene rings is 2. The average molecular weight is 470 g/mol. The van der Waals surface area contributed by atoms with Gasteiger partial charge in [-0.25, -0.2) is 8.42 Å². The van der Waals surface area contributed by atoms with Gasteiger partial charge in [0.05, 0.1) is 37.5 Å². The van der Waals surface area contributed by atoms with E-state index in [1.807, 2.05) is 31.2 Å². The number of nitrogens with zero attached hydrogens (tertiary/aromatic N) is 2. The highest BCUT2D eigenvalue weighted by Gasteiger charge is 2.28. The van der Waals surface area contributed by atoms with E-state index in [4.69, 9.17) is 9.15 Å². The zero-order chi connectivity index (χ0) is 23.3. The van der Waals surface area contributed by atoms with E-state index in [9.17, 15) is 13.2 Å². The summed E-state index contributed by atoms with van der Waals surface area (Å²) in [5.41, 5.74) is 2.60. The van der Waals surface area contributed by atoms with Crippen LogP contribution in [0.15, 0.2) is 76.2 Å². The van der Waals surface area contributed by atoms with E-state index in [0.717, 1.165) is 28.6 Å². The van der Waals surface area contributed by atoms with Crippen LogP contribution in [-0.2, 0) is 26.1 Å². The van der Waals surface area contributed by atoms with Crippen LogP contribution >= 0.6 is 0 Å². The molecule has 1 N–H and O–H groups in total. The molecule has 1 aliphatic rings. The molecule has 0 saturated carbocycles. The Morgan fingerprint density at radius 2 is 1.73 bits per heavy atom. The minimum absolute atomic E-state index is 0.0490. The lowest BCUT2D eigenvalue weighted by Crippen LogP contribution is -2.37. The number of ether oxygens (including phenoxy) is 1. The van der Waals surface area contributed by atoms with Crippen molar-refractivity contribution in [3.8, 4) is 0 Å². The molecule has 0 radical (unpaired) electrons. The van der Waals surface area contributed by atoms with Crippen LogP contribution < -0.4 is 10.2 Å². The number of amides is 1. The van der Waals surface area contributed by atoms with Crippen molar-refractivity contribution in [1.82, 2.24) is 4.31 Å². The maximum Gasteiger partial charge on any atom is 0.243 e. The second kappa shape index (κ2) is 10.2. The smallest absolute Gasteiger partial charge is 0.243 e. The van der Waals surface area contributed by atoms with Gasteiger partial charge in [-0.3, -0.25) is 4.79 Å². The Hall–Kier alpha value is -3.14. The van der Waals surface area contributed by atoms with Gasteiger partial charge in [0.1, 0.15) is 5.76 Å². The molecule has 4 rings (SSSR count). The summed E-state index contributed by atoms with van der Waals surface area (Å²) >= 11 is 0. The first kappa shape index (κ1) is 23.0. The third-order valence-corrected chi connectivity index (χ3v) is 7.22. The Morgan fingerprint density at radius 1 is 1.03 bits per heavy atom. The van der Waals surface area contributed by atoms with E-state index in [0.29, 0.717) is 24.7 Å². The van der Waals surface area contributed by atoms with Crippen LogP contribution in [0.2, 0.25) is 0 Å². The van der Waals surface area contributed by atoms with Crippen LogP contribution in [0.5, 0.6) is 0 Å². The molecule has 3 aromatic rings. The van der Waals surface area contributed by atoms with Crippen LogP contribution in [0.3, 0.4) is 0 Å². The van der Waals surface area contributed by atoms with Crippen LogP contribution in [0, 0.1) is 6.92 Å². The first-order chi connectivity index (χ1) is 15.9. The van der Waals surface area contributed by atoms with E-state index in [1.165, 1.54) is 6.26 Å². The van der Waals surface area contributed by atoms with Crippen LogP contribution in [0.4, 0.5) is 11.4 Å². The second-order valence-electron chi connectivity index (χ2n) is 7.86. The average Bonchev–Trinajstić information content (AvgIpc) is 3.33. The second-order valence-corrected chi connectivity index (χ2v) is 9.80. The summed E-state index contributed by atoms with van der Waals surface area (Å²) in [4.78, 5) is 15.1. The Kier molecular flexibility index (Phi) is 7.12. The van der Waals surface area contributed by atoms with Gasteiger partial charge in [-0.1, -0.05) is 17.7 Å². The molecule has 8 nitrogen and oxygen atoms in total. The maximum atomic E-state index is 13.3. The number of hydrogen-bond acceptors (Lipinski definition) is 6. The Balaban J connectivity index is 1.47. The highest BCUT2D eigenvalue weighted by Crippen LogP contribution is 2.21. The van der Waals surface area contributed by atoms with Crippen molar-refractivity contribution in [2.45, 2.75) is 18.4 Å². The monoisotopic (exact) mass is 469 g/mol. The van der Waals surface area contributed by atoms with E-state index >= 15 is 0 Å². The summed E-state index contributed by atoms with van der Waals surface area (Å²) in [6.45, 7) is 4.52. The number of rotatable bonds is 8.